The van der Waals surface area contributed by atoms with Crippen molar-refractivity contribution in [2.24, 2.45) is 4.99 Å². The summed E-state index contributed by atoms with van der Waals surface area (Å²) in [6, 6.07) is 28.4. The van der Waals surface area contributed by atoms with E-state index in [1.54, 1.807) is 6.20 Å². The van der Waals surface area contributed by atoms with Gasteiger partial charge in [0.2, 0.25) is 0 Å². The van der Waals surface area contributed by atoms with E-state index in [-0.39, 0.29) is 0 Å². The minimum absolute atomic E-state index is 0.873. The molecule has 4 aromatic rings. The molecule has 3 heteroatoms. The van der Waals surface area contributed by atoms with Gasteiger partial charge in [-0.2, -0.15) is 10.2 Å². The van der Waals surface area contributed by atoms with Crippen LogP contribution in [0.3, 0.4) is 0 Å². The average molecular weight is 309 g/mol. The number of hydrogen-bond donors (Lipinski definition) is 0. The minimum atomic E-state index is 0.873. The number of rotatable bonds is 3. The number of hydrogen-bond acceptors (Lipinski definition) is 3. The fourth-order valence-electron chi connectivity index (χ4n) is 2.66. The summed E-state index contributed by atoms with van der Waals surface area (Å²) in [5.41, 5.74) is 4.92. The number of aliphatic imine (C=N–C) groups is 1. The molecule has 0 unspecified atom stereocenters. The van der Waals surface area contributed by atoms with Gasteiger partial charge in [0.15, 0.2) is 0 Å². The number of nitrogens with zero attached hydrogens (tertiary/aromatic N) is 3. The first-order valence-corrected chi connectivity index (χ1v) is 7.81. The maximum atomic E-state index is 4.92. The van der Waals surface area contributed by atoms with Crippen molar-refractivity contribution in [3.05, 3.63) is 102 Å². The molecule has 1 heterocycles. The maximum Gasteiger partial charge on any atom is 0.0931 e. The first-order chi connectivity index (χ1) is 11.9. The van der Waals surface area contributed by atoms with Gasteiger partial charge in [0, 0.05) is 16.5 Å². The normalized spacial score (nSPS) is 10.5. The van der Waals surface area contributed by atoms with E-state index in [0.717, 1.165) is 33.4 Å². The van der Waals surface area contributed by atoms with Crippen molar-refractivity contribution in [3.8, 4) is 0 Å². The van der Waals surface area contributed by atoms with Crippen LogP contribution in [0.4, 0.5) is 5.69 Å². The molecule has 0 aliphatic carbocycles. The standard InChI is InChI=1S/C21H15N3/c1-3-7-16(8-4-1)21(17-9-5-2-6-10-17)23-19-11-12-20-18(15-19)13-14-22-24-20/h1-15H. The molecule has 3 nitrogen and oxygen atoms in total. The predicted octanol–water partition coefficient (Wildman–Crippen LogP) is 4.80. The SMILES string of the molecule is c1ccc(C(=Nc2ccc3nnccc3c2)c2ccccc2)cc1. The van der Waals surface area contributed by atoms with Crippen LogP contribution in [0.2, 0.25) is 0 Å². The molecule has 0 bridgehead atoms. The molecule has 0 atom stereocenters. The molecule has 4 rings (SSSR count). The highest BCUT2D eigenvalue weighted by Crippen LogP contribution is 2.22. The van der Waals surface area contributed by atoms with E-state index in [2.05, 4.69) is 34.5 Å². The van der Waals surface area contributed by atoms with E-state index in [1.807, 2.05) is 60.7 Å². The lowest BCUT2D eigenvalue weighted by Gasteiger charge is -2.08. The predicted molar refractivity (Wildman–Crippen MR) is 97.7 cm³/mol. The smallest absolute Gasteiger partial charge is 0.0931 e. The largest absolute Gasteiger partial charge is 0.248 e. The second-order valence-electron chi connectivity index (χ2n) is 5.47. The number of aromatic nitrogens is 2. The fourth-order valence-corrected chi connectivity index (χ4v) is 2.66. The molecule has 114 valence electrons. The van der Waals surface area contributed by atoms with E-state index in [1.165, 1.54) is 0 Å². The molecule has 0 fully saturated rings. The summed E-state index contributed by atoms with van der Waals surface area (Å²) in [6.45, 7) is 0. The Bertz CT molecular complexity index is 951. The highest BCUT2D eigenvalue weighted by molar-refractivity contribution is 6.14. The van der Waals surface area contributed by atoms with Gasteiger partial charge in [-0.1, -0.05) is 60.7 Å². The second kappa shape index (κ2) is 6.42. The van der Waals surface area contributed by atoms with Gasteiger partial charge in [0.25, 0.3) is 0 Å². The van der Waals surface area contributed by atoms with Crippen LogP contribution in [-0.2, 0) is 0 Å². The Labute approximate surface area is 140 Å². The highest BCUT2D eigenvalue weighted by Gasteiger charge is 2.07. The molecule has 0 aliphatic heterocycles. The van der Waals surface area contributed by atoms with Gasteiger partial charge in [-0.25, -0.2) is 4.99 Å². The van der Waals surface area contributed by atoms with Crippen molar-refractivity contribution >= 4 is 22.3 Å². The zero-order chi connectivity index (χ0) is 16.2. The van der Waals surface area contributed by atoms with Gasteiger partial charge in [-0.15, -0.1) is 0 Å². The van der Waals surface area contributed by atoms with Crippen molar-refractivity contribution in [2.45, 2.75) is 0 Å². The Hall–Kier alpha value is -3.33. The molecule has 0 amide bonds. The Kier molecular flexibility index (Phi) is 3.82. The second-order valence-corrected chi connectivity index (χ2v) is 5.47. The third-order valence-corrected chi connectivity index (χ3v) is 3.83. The van der Waals surface area contributed by atoms with E-state index in [9.17, 15) is 0 Å². The van der Waals surface area contributed by atoms with Crippen molar-refractivity contribution in [1.82, 2.24) is 10.2 Å². The summed E-state index contributed by atoms with van der Waals surface area (Å²) in [7, 11) is 0. The molecule has 3 aromatic carbocycles. The van der Waals surface area contributed by atoms with Crippen molar-refractivity contribution in [1.29, 1.82) is 0 Å². The summed E-state index contributed by atoms with van der Waals surface area (Å²) >= 11 is 0. The molecule has 0 saturated heterocycles. The molecule has 0 spiro atoms. The molecule has 0 N–H and O–H groups in total. The first-order valence-electron chi connectivity index (χ1n) is 7.81. The minimum Gasteiger partial charge on any atom is -0.248 e. The van der Waals surface area contributed by atoms with Gasteiger partial charge in [-0.05, 0) is 24.3 Å². The lowest BCUT2D eigenvalue weighted by molar-refractivity contribution is 1.08. The Morgan fingerprint density at radius 3 is 2.04 bits per heavy atom. The third-order valence-electron chi connectivity index (χ3n) is 3.83. The topological polar surface area (TPSA) is 38.1 Å². The molecular formula is C21H15N3. The summed E-state index contributed by atoms with van der Waals surface area (Å²) in [6.07, 6.45) is 1.70. The van der Waals surface area contributed by atoms with Crippen molar-refractivity contribution in [2.75, 3.05) is 0 Å². The van der Waals surface area contributed by atoms with Crippen molar-refractivity contribution in [3.63, 3.8) is 0 Å². The summed E-state index contributed by atoms with van der Waals surface area (Å²) in [5, 5.41) is 9.07. The van der Waals surface area contributed by atoms with Gasteiger partial charge < -0.3 is 0 Å². The van der Waals surface area contributed by atoms with Crippen LogP contribution in [0.25, 0.3) is 10.9 Å². The molecule has 0 radical (unpaired) electrons. The van der Waals surface area contributed by atoms with Gasteiger partial charge >= 0.3 is 0 Å². The van der Waals surface area contributed by atoms with E-state index < -0.39 is 0 Å². The summed E-state index contributed by atoms with van der Waals surface area (Å²) < 4.78 is 0. The van der Waals surface area contributed by atoms with Crippen LogP contribution in [0.1, 0.15) is 11.1 Å². The van der Waals surface area contributed by atoms with Crippen LogP contribution in [0, 0.1) is 0 Å². The lowest BCUT2D eigenvalue weighted by Crippen LogP contribution is -2.02. The van der Waals surface area contributed by atoms with Gasteiger partial charge in [0.05, 0.1) is 23.1 Å². The summed E-state index contributed by atoms with van der Waals surface area (Å²) in [4.78, 5) is 4.92. The molecule has 0 saturated carbocycles. The Morgan fingerprint density at radius 1 is 0.708 bits per heavy atom. The highest BCUT2D eigenvalue weighted by atomic mass is 15.1. The van der Waals surface area contributed by atoms with Crippen molar-refractivity contribution < 1.29 is 0 Å². The van der Waals surface area contributed by atoms with Crippen LogP contribution in [0.15, 0.2) is 96.1 Å². The van der Waals surface area contributed by atoms with Crippen LogP contribution in [0.5, 0.6) is 0 Å². The zero-order valence-corrected chi connectivity index (χ0v) is 13.0. The number of fused-ring (bicyclic) bond motifs is 1. The third kappa shape index (κ3) is 2.92. The molecule has 24 heavy (non-hydrogen) atoms. The average Bonchev–Trinajstić information content (AvgIpc) is 2.67. The molecule has 1 aromatic heterocycles. The fraction of sp³-hybridized carbons (Fsp3) is 0. The monoisotopic (exact) mass is 309 g/mol. The molecule has 0 aliphatic rings. The zero-order valence-electron chi connectivity index (χ0n) is 13.0. The first kappa shape index (κ1) is 14.3. The Balaban J connectivity index is 1.87. The summed E-state index contributed by atoms with van der Waals surface area (Å²) in [5.74, 6) is 0. The number of benzene rings is 3. The molecular weight excluding hydrogens is 294 g/mol. The van der Waals surface area contributed by atoms with Gasteiger partial charge in [0.1, 0.15) is 0 Å². The van der Waals surface area contributed by atoms with Gasteiger partial charge in [-0.3, -0.25) is 0 Å². The van der Waals surface area contributed by atoms with E-state index >= 15 is 0 Å². The van der Waals surface area contributed by atoms with E-state index in [4.69, 9.17) is 4.99 Å². The van der Waals surface area contributed by atoms with Crippen LogP contribution < -0.4 is 0 Å². The Morgan fingerprint density at radius 2 is 1.38 bits per heavy atom. The van der Waals surface area contributed by atoms with E-state index in [0.29, 0.717) is 0 Å². The van der Waals surface area contributed by atoms with Crippen LogP contribution >= 0.6 is 0 Å². The maximum absolute atomic E-state index is 4.92. The van der Waals surface area contributed by atoms with Crippen LogP contribution in [-0.4, -0.2) is 15.9 Å². The lowest BCUT2D eigenvalue weighted by atomic mass is 10.0. The quantitative estimate of drug-likeness (QED) is 0.510.